The van der Waals surface area contributed by atoms with Crippen LogP contribution in [0.15, 0.2) is 42.7 Å². The summed E-state index contributed by atoms with van der Waals surface area (Å²) in [5.41, 5.74) is 0.749. The smallest absolute Gasteiger partial charge is 0.305 e. The molecule has 1 aromatic rings. The molecular formula is C19H27N5O8S. The Morgan fingerprint density at radius 3 is 1.97 bits per heavy atom. The van der Waals surface area contributed by atoms with Crippen LogP contribution in [0, 0.1) is 0 Å². The lowest BCUT2D eigenvalue weighted by Crippen LogP contribution is -2.54. The first-order valence-corrected chi connectivity index (χ1v) is 11.3. The van der Waals surface area contributed by atoms with Crippen molar-refractivity contribution in [3.8, 4) is 0 Å². The summed E-state index contributed by atoms with van der Waals surface area (Å²) in [5, 5.41) is 32.8. The van der Waals surface area contributed by atoms with Crippen LogP contribution in [0.1, 0.15) is 18.4 Å². The van der Waals surface area contributed by atoms with Crippen molar-refractivity contribution in [3.05, 3.63) is 48.3 Å². The number of aliphatic carboxylic acids is 2. The van der Waals surface area contributed by atoms with Gasteiger partial charge in [0.05, 0.1) is 24.4 Å². The van der Waals surface area contributed by atoms with Crippen LogP contribution in [-0.4, -0.2) is 66.8 Å². The van der Waals surface area contributed by atoms with Gasteiger partial charge in [-0.1, -0.05) is 36.9 Å². The fourth-order valence-electron chi connectivity index (χ4n) is 2.55. The first kappa shape index (κ1) is 27.4. The quantitative estimate of drug-likeness (QED) is 0.145. The van der Waals surface area contributed by atoms with E-state index in [4.69, 9.17) is 15.4 Å². The van der Waals surface area contributed by atoms with Gasteiger partial charge in [-0.2, -0.15) is 0 Å². The van der Waals surface area contributed by atoms with E-state index in [1.54, 1.807) is 30.3 Å². The van der Waals surface area contributed by atoms with Crippen molar-refractivity contribution in [1.29, 1.82) is 0 Å². The molecule has 0 bridgehead atoms. The van der Waals surface area contributed by atoms with E-state index in [1.807, 2.05) is 0 Å². The number of sulfonamides is 1. The predicted molar refractivity (Wildman–Crippen MR) is 117 cm³/mol. The van der Waals surface area contributed by atoms with Crippen LogP contribution in [0.25, 0.3) is 0 Å². The van der Waals surface area contributed by atoms with Crippen molar-refractivity contribution in [2.24, 2.45) is 5.14 Å². The molecule has 14 heteroatoms. The zero-order valence-corrected chi connectivity index (χ0v) is 18.4. The normalized spacial score (nSPS) is 12.6. The lowest BCUT2D eigenvalue weighted by atomic mass is 10.1. The number of hydrogen-bond donors (Lipinski definition) is 7. The number of carboxylic acids is 2. The number of rotatable bonds is 15. The molecule has 182 valence electrons. The second-order valence-corrected chi connectivity index (χ2v) is 8.66. The summed E-state index contributed by atoms with van der Waals surface area (Å²) in [6.45, 7) is 3.46. The first-order valence-electron chi connectivity index (χ1n) is 9.62. The number of hydrogen-bond acceptors (Lipinski definition) is 8. The molecule has 2 atom stereocenters. The van der Waals surface area contributed by atoms with Gasteiger partial charge in [0, 0.05) is 13.1 Å². The number of carboxylic acid groups (broad SMARTS) is 2. The van der Waals surface area contributed by atoms with E-state index in [0.717, 1.165) is 5.56 Å². The Labute approximate surface area is 190 Å². The molecule has 0 saturated carbocycles. The Bertz CT molecular complexity index is 968. The molecule has 0 aliphatic rings. The second-order valence-electron chi connectivity index (χ2n) is 6.93. The summed E-state index contributed by atoms with van der Waals surface area (Å²) in [4.78, 5) is 47.4. The van der Waals surface area contributed by atoms with E-state index in [0.29, 0.717) is 0 Å². The highest BCUT2D eigenvalue weighted by Gasteiger charge is 2.29. The maximum atomic E-state index is 12.6. The van der Waals surface area contributed by atoms with Crippen molar-refractivity contribution >= 4 is 33.8 Å². The molecule has 8 N–H and O–H groups in total. The first-order chi connectivity index (χ1) is 15.4. The molecular weight excluding hydrogens is 458 g/mol. The zero-order chi connectivity index (χ0) is 25.0. The summed E-state index contributed by atoms with van der Waals surface area (Å²) in [6.07, 6.45) is -1.47. The van der Waals surface area contributed by atoms with Crippen molar-refractivity contribution < 1.29 is 37.8 Å². The third-order valence-corrected chi connectivity index (χ3v) is 4.86. The Hall–Kier alpha value is -3.65. The van der Waals surface area contributed by atoms with Crippen LogP contribution in [0.2, 0.25) is 0 Å². The highest BCUT2D eigenvalue weighted by molar-refractivity contribution is 7.89. The van der Waals surface area contributed by atoms with Gasteiger partial charge in [-0.15, -0.1) is 0 Å². The fourth-order valence-corrected chi connectivity index (χ4v) is 2.94. The Balaban J connectivity index is 2.80. The Kier molecular flexibility index (Phi) is 10.8. The molecule has 2 unspecified atom stereocenters. The fraction of sp³-hybridized carbons (Fsp3) is 0.368. The van der Waals surface area contributed by atoms with E-state index >= 15 is 0 Å². The number of carbonyl (C=O) groups is 4. The summed E-state index contributed by atoms with van der Waals surface area (Å²) in [5.74, 6) is -4.95. The van der Waals surface area contributed by atoms with Gasteiger partial charge < -0.3 is 31.5 Å². The van der Waals surface area contributed by atoms with Crippen molar-refractivity contribution in [2.45, 2.75) is 31.5 Å². The molecule has 1 aromatic carbocycles. The second kappa shape index (κ2) is 13.0. The minimum absolute atomic E-state index is 0.0663. The predicted octanol–water partition coefficient (Wildman–Crippen LogP) is -1.96. The van der Waals surface area contributed by atoms with Crippen molar-refractivity contribution in [3.63, 3.8) is 0 Å². The van der Waals surface area contributed by atoms with E-state index in [-0.39, 0.29) is 18.9 Å². The third kappa shape index (κ3) is 12.1. The van der Waals surface area contributed by atoms with Gasteiger partial charge in [-0.25, -0.2) is 13.6 Å². The lowest BCUT2D eigenvalue weighted by Gasteiger charge is -2.23. The molecule has 0 fully saturated rings. The highest BCUT2D eigenvalue weighted by Crippen LogP contribution is 2.02. The van der Waals surface area contributed by atoms with Crippen LogP contribution < -0.4 is 26.4 Å². The zero-order valence-electron chi connectivity index (χ0n) is 17.6. The van der Waals surface area contributed by atoms with Gasteiger partial charge in [0.1, 0.15) is 12.1 Å². The largest absolute Gasteiger partial charge is 0.481 e. The molecule has 2 amide bonds. The molecule has 0 spiro atoms. The van der Waals surface area contributed by atoms with E-state index in [9.17, 15) is 27.6 Å². The van der Waals surface area contributed by atoms with Crippen molar-refractivity contribution in [1.82, 2.24) is 21.3 Å². The maximum absolute atomic E-state index is 12.6. The Morgan fingerprint density at radius 1 is 0.909 bits per heavy atom. The number of amides is 2. The van der Waals surface area contributed by atoms with Crippen LogP contribution in [0.4, 0.5) is 0 Å². The van der Waals surface area contributed by atoms with Gasteiger partial charge >= 0.3 is 11.9 Å². The van der Waals surface area contributed by atoms with Crippen LogP contribution >= 0.6 is 0 Å². The average Bonchev–Trinajstić information content (AvgIpc) is 2.70. The molecule has 0 saturated heterocycles. The Morgan fingerprint density at radius 2 is 1.45 bits per heavy atom. The van der Waals surface area contributed by atoms with Crippen LogP contribution in [-0.2, 0) is 35.7 Å². The lowest BCUT2D eigenvalue weighted by molar-refractivity contribution is -0.142. The molecule has 33 heavy (non-hydrogen) atoms. The van der Waals surface area contributed by atoms with E-state index in [2.05, 4.69) is 27.8 Å². The number of primary sulfonamides is 1. The molecule has 1 rings (SSSR count). The summed E-state index contributed by atoms with van der Waals surface area (Å²) < 4.78 is 21.9. The third-order valence-electron chi connectivity index (χ3n) is 4.09. The van der Waals surface area contributed by atoms with Gasteiger partial charge in [0.2, 0.25) is 21.8 Å². The molecule has 0 aliphatic heterocycles. The summed E-state index contributed by atoms with van der Waals surface area (Å²) in [6, 6.07) is 5.87. The van der Waals surface area contributed by atoms with Gasteiger partial charge in [-0.05, 0) is 5.56 Å². The number of carbonyl (C=O) groups excluding carboxylic acids is 2. The van der Waals surface area contributed by atoms with E-state index in [1.165, 1.54) is 0 Å². The maximum Gasteiger partial charge on any atom is 0.305 e. The van der Waals surface area contributed by atoms with Gasteiger partial charge in [-0.3, -0.25) is 19.2 Å². The SMILES string of the molecule is C=C(NCCS(N)(=O)=O)NC(CC(=O)O)C(=O)NC(CC(=O)O)C(=O)NCc1ccccc1. The molecule has 13 nitrogen and oxygen atoms in total. The van der Waals surface area contributed by atoms with E-state index < -0.39 is 64.5 Å². The standard InChI is InChI=1S/C19H27N5O8S/c1-12(21-7-8-33(20,31)32)23-15(10-17(27)28)19(30)24-14(9-16(25)26)18(29)22-11-13-5-3-2-4-6-13/h2-6,14-15,21,23H,1,7-11H2,(H,22,29)(H,24,30)(H,25,26)(H,27,28)(H2,20,31,32). The molecule has 0 aromatic heterocycles. The van der Waals surface area contributed by atoms with Gasteiger partial charge in [0.25, 0.3) is 0 Å². The molecule has 0 heterocycles. The number of benzene rings is 1. The number of nitrogens with two attached hydrogens (primary N) is 1. The minimum atomic E-state index is -3.75. The minimum Gasteiger partial charge on any atom is -0.481 e. The molecule has 0 radical (unpaired) electrons. The van der Waals surface area contributed by atoms with Gasteiger partial charge in [0.15, 0.2) is 0 Å². The number of nitrogens with one attached hydrogen (secondary N) is 4. The average molecular weight is 486 g/mol. The van der Waals surface area contributed by atoms with Crippen molar-refractivity contribution in [2.75, 3.05) is 12.3 Å². The van der Waals surface area contributed by atoms with Crippen LogP contribution in [0.3, 0.4) is 0 Å². The topological polar surface area (TPSA) is 217 Å². The van der Waals surface area contributed by atoms with Crippen LogP contribution in [0.5, 0.6) is 0 Å². The summed E-state index contributed by atoms with van der Waals surface area (Å²) >= 11 is 0. The monoisotopic (exact) mass is 485 g/mol. The molecule has 0 aliphatic carbocycles. The highest BCUT2D eigenvalue weighted by atomic mass is 32.2. The summed E-state index contributed by atoms with van der Waals surface area (Å²) in [7, 11) is -3.75.